The predicted octanol–water partition coefficient (Wildman–Crippen LogP) is 8.25. The molecule has 1 fully saturated rings. The third-order valence-corrected chi connectivity index (χ3v) is 6.60. The van der Waals surface area contributed by atoms with Crippen molar-refractivity contribution in [2.45, 2.75) is 128 Å². The zero-order chi connectivity index (χ0) is 22.5. The molecule has 1 aliphatic heterocycles. The molecule has 0 aromatic heterocycles. The van der Waals surface area contributed by atoms with Crippen LogP contribution in [0.2, 0.25) is 0 Å². The van der Waals surface area contributed by atoms with Gasteiger partial charge in [-0.15, -0.1) is 0 Å². The van der Waals surface area contributed by atoms with Crippen LogP contribution in [0.4, 0.5) is 0 Å². The zero-order valence-corrected chi connectivity index (χ0v) is 20.9. The van der Waals surface area contributed by atoms with Crippen molar-refractivity contribution in [3.8, 4) is 0 Å². The minimum atomic E-state index is 0.0825. The van der Waals surface area contributed by atoms with Gasteiger partial charge in [-0.1, -0.05) is 121 Å². The maximum atomic E-state index is 6.20. The lowest BCUT2D eigenvalue weighted by Gasteiger charge is -2.31. The van der Waals surface area contributed by atoms with Gasteiger partial charge < -0.3 is 14.2 Å². The summed E-state index contributed by atoms with van der Waals surface area (Å²) in [7, 11) is 0. The molecule has 0 spiro atoms. The molecule has 1 heterocycles. The Labute approximate surface area is 198 Å². The normalized spacial score (nSPS) is 18.8. The van der Waals surface area contributed by atoms with E-state index in [4.69, 9.17) is 14.2 Å². The number of hydrogen-bond acceptors (Lipinski definition) is 3. The Hall–Kier alpha value is -0.900. The molecular formula is C29H50O3. The smallest absolute Gasteiger partial charge is 0.107 e. The number of unbranched alkanes of at least 4 members (excludes halogenated alkanes) is 13. The van der Waals surface area contributed by atoms with Gasteiger partial charge >= 0.3 is 0 Å². The van der Waals surface area contributed by atoms with Crippen LogP contribution in [-0.2, 0) is 20.8 Å². The number of hydrogen-bond donors (Lipinski definition) is 0. The third kappa shape index (κ3) is 13.6. The van der Waals surface area contributed by atoms with Gasteiger partial charge in [0.25, 0.3) is 0 Å². The van der Waals surface area contributed by atoms with E-state index in [9.17, 15) is 0 Å². The van der Waals surface area contributed by atoms with Crippen LogP contribution in [0.1, 0.15) is 115 Å². The van der Waals surface area contributed by atoms with Crippen LogP contribution in [0.15, 0.2) is 30.3 Å². The van der Waals surface area contributed by atoms with Crippen LogP contribution >= 0.6 is 0 Å². The highest BCUT2D eigenvalue weighted by Gasteiger charge is 2.26. The van der Waals surface area contributed by atoms with E-state index >= 15 is 0 Å². The largest absolute Gasteiger partial charge is 0.375 e. The molecule has 0 bridgehead atoms. The van der Waals surface area contributed by atoms with Crippen molar-refractivity contribution in [1.82, 2.24) is 0 Å². The zero-order valence-electron chi connectivity index (χ0n) is 20.9. The summed E-state index contributed by atoms with van der Waals surface area (Å²) in [4.78, 5) is 0. The summed E-state index contributed by atoms with van der Waals surface area (Å²) in [5.74, 6) is 0. The summed E-state index contributed by atoms with van der Waals surface area (Å²) in [6.07, 6.45) is 22.0. The lowest BCUT2D eigenvalue weighted by atomic mass is 10.0. The van der Waals surface area contributed by atoms with Crippen LogP contribution in [0, 0.1) is 0 Å². The molecule has 0 N–H and O–H groups in total. The van der Waals surface area contributed by atoms with Crippen LogP contribution in [0.5, 0.6) is 0 Å². The highest BCUT2D eigenvalue weighted by atomic mass is 16.6. The molecule has 0 radical (unpaired) electrons. The average Bonchev–Trinajstić information content (AvgIpc) is 2.83. The molecule has 3 nitrogen and oxygen atoms in total. The van der Waals surface area contributed by atoms with E-state index in [-0.39, 0.29) is 12.2 Å². The van der Waals surface area contributed by atoms with Crippen LogP contribution < -0.4 is 0 Å². The van der Waals surface area contributed by atoms with Crippen LogP contribution in [-0.4, -0.2) is 32.0 Å². The van der Waals surface area contributed by atoms with E-state index < -0.39 is 0 Å². The summed E-state index contributed by atoms with van der Waals surface area (Å²) in [5, 5.41) is 0. The highest BCUT2D eigenvalue weighted by molar-refractivity contribution is 5.13. The first-order valence-corrected chi connectivity index (χ1v) is 13.7. The van der Waals surface area contributed by atoms with Crippen LogP contribution in [0.25, 0.3) is 0 Å². The van der Waals surface area contributed by atoms with Gasteiger partial charge in [0.1, 0.15) is 6.10 Å². The molecule has 32 heavy (non-hydrogen) atoms. The molecule has 1 aliphatic rings. The van der Waals surface area contributed by atoms with Crippen molar-refractivity contribution in [3.63, 3.8) is 0 Å². The van der Waals surface area contributed by atoms with Crippen molar-refractivity contribution in [1.29, 1.82) is 0 Å². The van der Waals surface area contributed by atoms with Crippen LogP contribution in [0.3, 0.4) is 0 Å². The predicted molar refractivity (Wildman–Crippen MR) is 135 cm³/mol. The molecule has 0 amide bonds. The van der Waals surface area contributed by atoms with E-state index in [1.807, 2.05) is 6.07 Å². The standard InChI is InChI=1S/C29H50O3/c1-2-3-4-5-6-7-8-9-10-11-12-13-14-18-23-31-28-22-19-24-32-29(28)26-30-25-27-20-16-15-17-21-27/h15-17,20-21,28-29H,2-14,18-19,22-26H2,1H3/t28-,29-/m0/s1. The van der Waals surface area contributed by atoms with Gasteiger partial charge in [-0.05, 0) is 24.8 Å². The van der Waals surface area contributed by atoms with Crippen molar-refractivity contribution in [2.75, 3.05) is 19.8 Å². The van der Waals surface area contributed by atoms with E-state index in [1.54, 1.807) is 0 Å². The van der Waals surface area contributed by atoms with Crippen molar-refractivity contribution >= 4 is 0 Å². The molecule has 1 aromatic carbocycles. The fourth-order valence-electron chi connectivity index (χ4n) is 4.56. The van der Waals surface area contributed by atoms with Gasteiger partial charge in [-0.2, -0.15) is 0 Å². The Morgan fingerprint density at radius 2 is 1.38 bits per heavy atom. The van der Waals surface area contributed by atoms with Gasteiger partial charge in [0.15, 0.2) is 0 Å². The molecule has 2 rings (SSSR count). The maximum absolute atomic E-state index is 6.20. The van der Waals surface area contributed by atoms with Gasteiger partial charge in [-0.3, -0.25) is 0 Å². The molecule has 2 atom stereocenters. The van der Waals surface area contributed by atoms with Crippen molar-refractivity contribution < 1.29 is 14.2 Å². The third-order valence-electron chi connectivity index (χ3n) is 6.60. The Morgan fingerprint density at radius 1 is 0.781 bits per heavy atom. The average molecular weight is 447 g/mol. The summed E-state index contributed by atoms with van der Waals surface area (Å²) in [6, 6.07) is 10.3. The topological polar surface area (TPSA) is 27.7 Å². The summed E-state index contributed by atoms with van der Waals surface area (Å²) >= 11 is 0. The Kier molecular flexibility index (Phi) is 16.7. The second-order valence-electron chi connectivity index (χ2n) is 9.56. The second kappa shape index (κ2) is 19.6. The first-order chi connectivity index (χ1) is 15.9. The van der Waals surface area contributed by atoms with E-state index in [2.05, 4.69) is 31.2 Å². The minimum Gasteiger partial charge on any atom is -0.375 e. The van der Waals surface area contributed by atoms with Gasteiger partial charge in [0, 0.05) is 13.2 Å². The minimum absolute atomic E-state index is 0.0825. The molecule has 1 saturated heterocycles. The highest BCUT2D eigenvalue weighted by Crippen LogP contribution is 2.19. The van der Waals surface area contributed by atoms with E-state index in [1.165, 1.54) is 95.5 Å². The fourth-order valence-corrected chi connectivity index (χ4v) is 4.56. The SMILES string of the molecule is CCCCCCCCCCCCCCCCO[C@H]1CCCO[C@H]1COCc1ccccc1. The first-order valence-electron chi connectivity index (χ1n) is 13.7. The summed E-state index contributed by atoms with van der Waals surface area (Å²) in [5.41, 5.74) is 1.21. The number of rotatable bonds is 20. The maximum Gasteiger partial charge on any atom is 0.107 e. The lowest BCUT2D eigenvalue weighted by molar-refractivity contribution is -0.133. The summed E-state index contributed by atoms with van der Waals surface area (Å²) in [6.45, 7) is 5.25. The molecular weight excluding hydrogens is 396 g/mol. The molecule has 0 unspecified atom stereocenters. The quantitative estimate of drug-likeness (QED) is 0.189. The Balaban J connectivity index is 1.39. The van der Waals surface area contributed by atoms with Gasteiger partial charge in [0.05, 0.1) is 19.3 Å². The fraction of sp³-hybridized carbons (Fsp3) is 0.793. The lowest BCUT2D eigenvalue weighted by Crippen LogP contribution is -2.39. The molecule has 0 aliphatic carbocycles. The summed E-state index contributed by atoms with van der Waals surface area (Å²) < 4.78 is 18.1. The molecule has 0 saturated carbocycles. The van der Waals surface area contributed by atoms with E-state index in [0.29, 0.717) is 13.2 Å². The number of benzene rings is 1. The van der Waals surface area contributed by atoms with Crippen molar-refractivity contribution in [2.24, 2.45) is 0 Å². The number of ether oxygens (including phenoxy) is 3. The first kappa shape index (κ1) is 27.3. The van der Waals surface area contributed by atoms with Gasteiger partial charge in [-0.25, -0.2) is 0 Å². The molecule has 3 heteroatoms. The van der Waals surface area contributed by atoms with E-state index in [0.717, 1.165) is 26.1 Å². The van der Waals surface area contributed by atoms with Crippen molar-refractivity contribution in [3.05, 3.63) is 35.9 Å². The molecule has 184 valence electrons. The Bertz CT molecular complexity index is 518. The van der Waals surface area contributed by atoms with Gasteiger partial charge in [0.2, 0.25) is 0 Å². The monoisotopic (exact) mass is 446 g/mol. The Morgan fingerprint density at radius 3 is 2.00 bits per heavy atom. The second-order valence-corrected chi connectivity index (χ2v) is 9.56. The molecule has 1 aromatic rings.